The summed E-state index contributed by atoms with van der Waals surface area (Å²) < 4.78 is 39.6. The van der Waals surface area contributed by atoms with E-state index < -0.39 is 30.0 Å². The summed E-state index contributed by atoms with van der Waals surface area (Å²) in [5.41, 5.74) is 2.76. The maximum atomic E-state index is 13.0. The first kappa shape index (κ1) is 28.2. The highest BCUT2D eigenvalue weighted by molar-refractivity contribution is 7.90. The highest BCUT2D eigenvalue weighted by Gasteiger charge is 2.25. The lowest BCUT2D eigenvalue weighted by atomic mass is 9.98. The van der Waals surface area contributed by atoms with Crippen molar-refractivity contribution in [1.29, 1.82) is 0 Å². The molecule has 2 aromatic carbocycles. The Morgan fingerprint density at radius 3 is 2.43 bits per heavy atom. The summed E-state index contributed by atoms with van der Waals surface area (Å²) in [6, 6.07) is 10.3. The second-order valence-electron chi connectivity index (χ2n) is 10.0. The molecule has 2 N–H and O–H groups in total. The van der Waals surface area contributed by atoms with Crippen LogP contribution in [0.3, 0.4) is 0 Å². The van der Waals surface area contributed by atoms with Crippen LogP contribution in [0, 0.1) is 6.92 Å². The first-order valence-electron chi connectivity index (χ1n) is 11.6. The van der Waals surface area contributed by atoms with E-state index in [0.717, 1.165) is 16.3 Å². The van der Waals surface area contributed by atoms with E-state index in [1.165, 1.54) is 11.9 Å². The fraction of sp³-hybridized carbons (Fsp3) is 0.308. The van der Waals surface area contributed by atoms with Gasteiger partial charge in [0.15, 0.2) is 0 Å². The topological polar surface area (TPSA) is 118 Å². The number of hydrogen-bond acceptors (Lipinski definition) is 6. The maximum Gasteiger partial charge on any atom is 0.414 e. The minimum atomic E-state index is -3.67. The van der Waals surface area contributed by atoms with E-state index in [-0.39, 0.29) is 6.42 Å². The molecule has 0 saturated carbocycles. The number of hydrogen-bond donors (Lipinski definition) is 2. The average molecular weight is 544 g/mol. The Bertz CT molecular complexity index is 1540. The summed E-state index contributed by atoms with van der Waals surface area (Å²) in [5, 5.41) is 1.60. The van der Waals surface area contributed by atoms with E-state index in [1.54, 1.807) is 38.4 Å². The average Bonchev–Trinajstić information content (AvgIpc) is 2.80. The normalized spacial score (nSPS) is 11.9. The van der Waals surface area contributed by atoms with E-state index in [0.29, 0.717) is 33.5 Å². The lowest BCUT2D eigenvalue weighted by Crippen LogP contribution is -2.27. The van der Waals surface area contributed by atoms with Gasteiger partial charge < -0.3 is 14.1 Å². The van der Waals surface area contributed by atoms with Crippen molar-refractivity contribution in [3.63, 3.8) is 0 Å². The zero-order valence-electron chi connectivity index (χ0n) is 22.2. The van der Waals surface area contributed by atoms with Crippen LogP contribution < -0.4 is 19.8 Å². The Labute approximate surface area is 218 Å². The zero-order valence-corrected chi connectivity index (χ0v) is 24.0. The van der Waals surface area contributed by atoms with E-state index in [1.807, 2.05) is 19.1 Å². The molecule has 198 valence electrons. The number of ether oxygens (including phenoxy) is 1. The molecule has 1 aromatic heterocycles. The number of benzene rings is 2. The van der Waals surface area contributed by atoms with Gasteiger partial charge in [-0.25, -0.2) is 14.3 Å². The van der Waals surface area contributed by atoms with Crippen LogP contribution in [0.15, 0.2) is 52.2 Å². The first-order valence-corrected chi connectivity index (χ1v) is 16.6. The predicted molar refractivity (Wildman–Crippen MR) is 150 cm³/mol. The van der Waals surface area contributed by atoms with Gasteiger partial charge in [0.05, 0.1) is 13.8 Å². The van der Waals surface area contributed by atoms with Crippen molar-refractivity contribution < 1.29 is 22.4 Å². The number of anilines is 1. The van der Waals surface area contributed by atoms with Crippen molar-refractivity contribution in [3.05, 3.63) is 75.7 Å². The van der Waals surface area contributed by atoms with E-state index in [4.69, 9.17) is 9.15 Å². The van der Waals surface area contributed by atoms with E-state index in [9.17, 15) is 18.0 Å². The van der Waals surface area contributed by atoms with Crippen LogP contribution in [0.5, 0.6) is 5.75 Å². The molecule has 3 rings (SSSR count). The number of rotatable bonds is 8. The highest BCUT2D eigenvalue weighted by Crippen LogP contribution is 2.36. The second-order valence-corrected chi connectivity index (χ2v) is 16.7. The predicted octanol–water partition coefficient (Wildman–Crippen LogP) is 4.52. The van der Waals surface area contributed by atoms with Crippen molar-refractivity contribution in [1.82, 2.24) is 9.62 Å². The minimum absolute atomic E-state index is 0.237. The molecule has 0 unspecified atom stereocenters. The van der Waals surface area contributed by atoms with Crippen LogP contribution in [0.25, 0.3) is 16.2 Å². The van der Waals surface area contributed by atoms with Gasteiger partial charge in [-0.05, 0) is 36.2 Å². The molecule has 0 bridgehead atoms. The molecular weight excluding hydrogens is 510 g/mol. The maximum absolute atomic E-state index is 13.0. The lowest BCUT2D eigenvalue weighted by Gasteiger charge is -2.23. The Balaban J connectivity index is 2.13. The quantitative estimate of drug-likeness (QED) is 0.319. The number of carbonyl (C=O) groups excluding carboxylic acids is 1. The van der Waals surface area contributed by atoms with E-state index in [2.05, 4.69) is 35.7 Å². The molecule has 3 aromatic rings. The van der Waals surface area contributed by atoms with Crippen LogP contribution in [-0.4, -0.2) is 48.6 Å². The van der Waals surface area contributed by atoms with E-state index >= 15 is 0 Å². The number of carbonyl (C=O) groups is 1. The van der Waals surface area contributed by atoms with Gasteiger partial charge in [-0.3, -0.25) is 4.72 Å². The van der Waals surface area contributed by atoms with Crippen molar-refractivity contribution in [2.24, 2.45) is 0 Å². The van der Waals surface area contributed by atoms with Gasteiger partial charge in [-0.1, -0.05) is 43.5 Å². The Hall–Kier alpha value is -3.41. The van der Waals surface area contributed by atoms with Crippen LogP contribution in [-0.2, 0) is 16.6 Å². The van der Waals surface area contributed by atoms with Crippen LogP contribution in [0.1, 0.15) is 22.3 Å². The smallest absolute Gasteiger partial charge is 0.414 e. The van der Waals surface area contributed by atoms with Gasteiger partial charge in [0.25, 0.3) is 10.2 Å². The molecule has 9 nitrogen and oxygen atoms in total. The van der Waals surface area contributed by atoms with Gasteiger partial charge in [0, 0.05) is 50.1 Å². The number of nitrogens with one attached hydrogen (secondary N) is 2. The number of nitrogens with zero attached hydrogens (tertiary/aromatic N) is 1. The minimum Gasteiger partial charge on any atom is -0.422 e. The largest absolute Gasteiger partial charge is 0.422 e. The molecule has 0 aliphatic carbocycles. The lowest BCUT2D eigenvalue weighted by molar-refractivity contribution is 0.172. The molecule has 1 heterocycles. The molecule has 0 radical (unpaired) electrons. The van der Waals surface area contributed by atoms with Crippen molar-refractivity contribution in [2.75, 3.05) is 25.9 Å². The number of aryl methyl sites for hydroxylation is 1. The fourth-order valence-corrected chi connectivity index (χ4v) is 5.23. The van der Waals surface area contributed by atoms with Crippen molar-refractivity contribution in [2.45, 2.75) is 33.0 Å². The summed E-state index contributed by atoms with van der Waals surface area (Å²) in [5.74, 6) is 0.290. The standard InChI is InChI=1S/C26H33N3O6SSi/c1-16-20-14-22(17(2)37(6,7)8)24(35-26(31)29(4)5)15-23(20)34-25(30)21(16)13-18-10-9-11-19(12-18)28-36(32,33)27-3/h9-12,14-15,27-28H,2,13H2,1,3-8H3. The summed E-state index contributed by atoms with van der Waals surface area (Å²) >= 11 is 0. The highest BCUT2D eigenvalue weighted by atomic mass is 32.2. The number of fused-ring (bicyclic) bond motifs is 1. The molecule has 37 heavy (non-hydrogen) atoms. The molecule has 0 aliphatic rings. The van der Waals surface area contributed by atoms with Gasteiger partial charge in [0.1, 0.15) is 11.3 Å². The molecule has 1 amide bonds. The molecule has 0 saturated heterocycles. The monoisotopic (exact) mass is 543 g/mol. The third-order valence-corrected chi connectivity index (χ3v) is 9.13. The van der Waals surface area contributed by atoms with Gasteiger partial charge in [0.2, 0.25) is 0 Å². The summed E-state index contributed by atoms with van der Waals surface area (Å²) in [6.07, 6.45) is -0.311. The Morgan fingerprint density at radius 1 is 1.16 bits per heavy atom. The van der Waals surface area contributed by atoms with Crippen LogP contribution in [0.2, 0.25) is 19.6 Å². The number of amides is 1. The summed E-state index contributed by atoms with van der Waals surface area (Å²) in [6.45, 7) is 12.6. The van der Waals surface area contributed by atoms with Gasteiger partial charge in [-0.2, -0.15) is 8.42 Å². The Kier molecular flexibility index (Phi) is 8.01. The zero-order chi connectivity index (χ0) is 27.7. The molecule has 0 spiro atoms. The van der Waals surface area contributed by atoms with Gasteiger partial charge >= 0.3 is 11.7 Å². The first-order chi connectivity index (χ1) is 17.1. The molecule has 0 aliphatic heterocycles. The van der Waals surface area contributed by atoms with Crippen LogP contribution in [0.4, 0.5) is 10.5 Å². The third-order valence-electron chi connectivity index (χ3n) is 6.01. The molecule has 0 fully saturated rings. The molecule has 11 heteroatoms. The summed E-state index contributed by atoms with van der Waals surface area (Å²) in [7, 11) is -1.07. The summed E-state index contributed by atoms with van der Waals surface area (Å²) in [4.78, 5) is 26.7. The van der Waals surface area contributed by atoms with Gasteiger partial charge in [-0.15, -0.1) is 0 Å². The molecular formula is C26H33N3O6SSi. The molecule has 0 atom stereocenters. The van der Waals surface area contributed by atoms with Crippen molar-refractivity contribution in [3.8, 4) is 5.75 Å². The van der Waals surface area contributed by atoms with Crippen molar-refractivity contribution >= 4 is 46.2 Å². The Morgan fingerprint density at radius 2 is 1.84 bits per heavy atom. The van der Waals surface area contributed by atoms with Crippen LogP contribution >= 0.6 is 0 Å². The third kappa shape index (κ3) is 6.48. The SMILES string of the molecule is C=C(c1cc2c(C)c(Cc3cccc(NS(=O)(=O)NC)c3)c(=O)oc2cc1OC(=O)N(C)C)[Si](C)(C)C. The second kappa shape index (κ2) is 10.5. The fourth-order valence-electron chi connectivity index (χ4n) is 3.69.